The van der Waals surface area contributed by atoms with Crippen molar-refractivity contribution in [3.05, 3.63) is 23.3 Å². The molecule has 0 aromatic heterocycles. The van der Waals surface area contributed by atoms with Gasteiger partial charge in [0, 0.05) is 0 Å². The fraction of sp³-hybridized carbons (Fsp3) is 0.571. The number of halogens is 3. The molecule has 20 heavy (non-hydrogen) atoms. The van der Waals surface area contributed by atoms with Gasteiger partial charge in [-0.15, -0.1) is 0 Å². The molecular weight excluding hydrogens is 288 g/mol. The molecule has 0 amide bonds. The summed E-state index contributed by atoms with van der Waals surface area (Å²) >= 11 is 0. The molecule has 0 N–H and O–H groups in total. The Labute approximate surface area is 117 Å². The minimum absolute atomic E-state index is 0.171. The van der Waals surface area contributed by atoms with Crippen molar-refractivity contribution in [3.8, 4) is 11.5 Å². The van der Waals surface area contributed by atoms with Crippen molar-refractivity contribution in [2.24, 2.45) is 0 Å². The van der Waals surface area contributed by atoms with Crippen LogP contribution in [0.2, 0.25) is 0 Å². The number of hydrogen-bond acceptors (Lipinski definition) is 2. The Morgan fingerprint density at radius 3 is 1.85 bits per heavy atom. The molecule has 6 heteroatoms. The third-order valence-corrected chi connectivity index (χ3v) is 4.14. The fourth-order valence-electron chi connectivity index (χ4n) is 2.07. The zero-order valence-electron chi connectivity index (χ0n) is 12.6. The first kappa shape index (κ1) is 15.4. The Hall–Kier alpha value is -0.960. The van der Waals surface area contributed by atoms with Crippen LogP contribution in [0.5, 0.6) is 11.5 Å². The molecule has 0 unspecified atom stereocenters. The fourth-order valence-corrected chi connectivity index (χ4v) is 3.01. The van der Waals surface area contributed by atoms with Crippen LogP contribution in [0.1, 0.15) is 52.7 Å². The Morgan fingerprint density at radius 1 is 0.850 bits per heavy atom. The Balaban J connectivity index is 2.69. The molecule has 0 saturated heterocycles. The second-order valence-corrected chi connectivity index (χ2v) is 8.94. The van der Waals surface area contributed by atoms with Gasteiger partial charge >= 0.3 is 117 Å². The summed E-state index contributed by atoms with van der Waals surface area (Å²) in [6.45, 7) is 11.5. The van der Waals surface area contributed by atoms with Crippen LogP contribution in [0, 0.1) is 0 Å². The van der Waals surface area contributed by atoms with Crippen LogP contribution >= 0.6 is 7.99 Å². The average molecular weight is 308 g/mol. The van der Waals surface area contributed by atoms with E-state index in [1.54, 1.807) is 6.07 Å². The average Bonchev–Trinajstić information content (AvgIpc) is 2.41. The quantitative estimate of drug-likeness (QED) is 0.540. The van der Waals surface area contributed by atoms with Crippen molar-refractivity contribution in [3.63, 3.8) is 0 Å². The van der Waals surface area contributed by atoms with E-state index in [1.807, 2.05) is 41.5 Å². The second kappa shape index (κ2) is 3.82. The van der Waals surface area contributed by atoms with Crippen molar-refractivity contribution in [1.29, 1.82) is 0 Å². The Kier molecular flexibility index (Phi) is 2.95. The molecule has 1 aromatic carbocycles. The van der Waals surface area contributed by atoms with Crippen molar-refractivity contribution in [2.75, 3.05) is 0 Å². The zero-order chi connectivity index (χ0) is 15.6. The van der Waals surface area contributed by atoms with E-state index in [9.17, 15) is 12.6 Å². The third-order valence-electron chi connectivity index (χ3n) is 3.20. The monoisotopic (exact) mass is 308 g/mol. The number of benzene rings is 1. The van der Waals surface area contributed by atoms with E-state index < -0.39 is 13.4 Å². The van der Waals surface area contributed by atoms with Crippen molar-refractivity contribution in [1.82, 2.24) is 0 Å². The minimum atomic E-state index is -7.01. The normalized spacial score (nSPS) is 22.1. The van der Waals surface area contributed by atoms with E-state index in [1.165, 1.54) is 6.07 Å². The molecule has 1 aromatic rings. The summed E-state index contributed by atoms with van der Waals surface area (Å²) < 4.78 is 48.9. The molecule has 1 heterocycles. The van der Waals surface area contributed by atoms with Gasteiger partial charge in [-0.2, -0.15) is 0 Å². The summed E-state index contributed by atoms with van der Waals surface area (Å²) in [5, 5.41) is 0. The molecule has 0 bridgehead atoms. The third kappa shape index (κ3) is 2.88. The first-order valence-corrected chi connectivity index (χ1v) is 8.18. The Morgan fingerprint density at radius 2 is 1.40 bits per heavy atom. The molecule has 2 nitrogen and oxygen atoms in total. The van der Waals surface area contributed by atoms with Gasteiger partial charge < -0.3 is 0 Å². The summed E-state index contributed by atoms with van der Waals surface area (Å²) in [5.41, 5.74) is 0.608. The van der Waals surface area contributed by atoms with Crippen LogP contribution < -0.4 is 9.05 Å². The summed E-state index contributed by atoms with van der Waals surface area (Å²) in [5.74, 6) is -0.372. The van der Waals surface area contributed by atoms with E-state index >= 15 is 0 Å². The number of hydrogen-bond donors (Lipinski definition) is 0. The van der Waals surface area contributed by atoms with Gasteiger partial charge in [-0.25, -0.2) is 0 Å². The van der Waals surface area contributed by atoms with Crippen LogP contribution in [0.4, 0.5) is 12.6 Å². The van der Waals surface area contributed by atoms with E-state index in [0.717, 1.165) is 5.56 Å². The van der Waals surface area contributed by atoms with Crippen LogP contribution in [-0.4, -0.2) is 0 Å². The zero-order valence-corrected chi connectivity index (χ0v) is 13.4. The molecule has 0 atom stereocenters. The van der Waals surface area contributed by atoms with E-state index in [-0.39, 0.29) is 16.9 Å². The molecule has 0 spiro atoms. The van der Waals surface area contributed by atoms with Crippen molar-refractivity contribution >= 4 is 7.99 Å². The van der Waals surface area contributed by atoms with Gasteiger partial charge in [-0.05, 0) is 0 Å². The second-order valence-electron chi connectivity index (χ2n) is 7.21. The number of fused-ring (bicyclic) bond motifs is 1. The van der Waals surface area contributed by atoms with E-state index in [2.05, 4.69) is 9.05 Å². The molecule has 0 radical (unpaired) electrons. The predicted molar refractivity (Wildman–Crippen MR) is 75.3 cm³/mol. The summed E-state index contributed by atoms with van der Waals surface area (Å²) in [7, 11) is -7.01. The molecule has 2 rings (SSSR count). The molecule has 1 aliphatic rings. The predicted octanol–water partition coefficient (Wildman–Crippen LogP) is 6.09. The SMILES string of the molecule is CC(C)(C)c1cc2c(c(C(C)(C)C)c1)OP(F)(F)(F)O2. The first-order valence-electron chi connectivity index (χ1n) is 6.44. The van der Waals surface area contributed by atoms with Crippen LogP contribution in [0.15, 0.2) is 12.1 Å². The van der Waals surface area contributed by atoms with Gasteiger partial charge in [0.15, 0.2) is 0 Å². The maximum absolute atomic E-state index is 13.4. The van der Waals surface area contributed by atoms with Crippen LogP contribution in [0.3, 0.4) is 0 Å². The van der Waals surface area contributed by atoms with Gasteiger partial charge in [-0.3, -0.25) is 0 Å². The van der Waals surface area contributed by atoms with E-state index in [0.29, 0.717) is 5.56 Å². The van der Waals surface area contributed by atoms with Gasteiger partial charge in [0.2, 0.25) is 0 Å². The molecule has 0 aliphatic carbocycles. The summed E-state index contributed by atoms with van der Waals surface area (Å²) in [6, 6.07) is 3.23. The molecule has 0 fully saturated rings. The summed E-state index contributed by atoms with van der Waals surface area (Å²) in [4.78, 5) is 0. The molecule has 0 saturated carbocycles. The maximum atomic E-state index is 13.4. The molecule has 1 aliphatic heterocycles. The van der Waals surface area contributed by atoms with Gasteiger partial charge in [0.1, 0.15) is 0 Å². The van der Waals surface area contributed by atoms with Crippen LogP contribution in [0.25, 0.3) is 0 Å². The van der Waals surface area contributed by atoms with E-state index in [4.69, 9.17) is 0 Å². The summed E-state index contributed by atoms with van der Waals surface area (Å²) in [6.07, 6.45) is 0. The van der Waals surface area contributed by atoms with Gasteiger partial charge in [-0.1, -0.05) is 0 Å². The first-order chi connectivity index (χ1) is 8.67. The van der Waals surface area contributed by atoms with Crippen molar-refractivity contribution < 1.29 is 21.6 Å². The molecule has 114 valence electrons. The van der Waals surface area contributed by atoms with Crippen molar-refractivity contribution in [2.45, 2.75) is 52.4 Å². The molecular formula is C14H20F3O2P. The standard InChI is InChI=1S/C14H20F3O2P/c1-13(2,3)9-7-10(14(4,5)6)12-11(8-9)18-20(15,16,17)19-12/h7-8H,1-6H3. The number of rotatable bonds is 0. The van der Waals surface area contributed by atoms with Gasteiger partial charge in [0.05, 0.1) is 0 Å². The van der Waals surface area contributed by atoms with Gasteiger partial charge in [0.25, 0.3) is 0 Å². The topological polar surface area (TPSA) is 18.5 Å². The Bertz CT molecular complexity index is 563. The van der Waals surface area contributed by atoms with Crippen LogP contribution in [-0.2, 0) is 10.8 Å².